The van der Waals surface area contributed by atoms with Gasteiger partial charge in [0, 0.05) is 19.5 Å². The van der Waals surface area contributed by atoms with Gasteiger partial charge in [0.05, 0.1) is 27.4 Å². The molecule has 3 aromatic carbocycles. The molecule has 39 heavy (non-hydrogen) atoms. The number of nitrogens with one attached hydrogen (secondary N) is 1. The molecular weight excluding hydrogens is 500 g/mol. The van der Waals surface area contributed by atoms with Gasteiger partial charge in [0.2, 0.25) is 11.7 Å². The molecular formula is C30H32N2O7. The van der Waals surface area contributed by atoms with E-state index in [9.17, 15) is 19.2 Å². The van der Waals surface area contributed by atoms with Gasteiger partial charge in [0.15, 0.2) is 0 Å². The van der Waals surface area contributed by atoms with Crippen LogP contribution in [0.3, 0.4) is 0 Å². The molecule has 9 heteroatoms. The number of hydrogen-bond acceptors (Lipinski definition) is 7. The summed E-state index contributed by atoms with van der Waals surface area (Å²) in [4.78, 5) is 52.0. The Hall–Kier alpha value is -4.50. The third-order valence-electron chi connectivity index (χ3n) is 5.84. The van der Waals surface area contributed by atoms with Crippen molar-refractivity contribution in [2.24, 2.45) is 0 Å². The van der Waals surface area contributed by atoms with E-state index in [1.54, 1.807) is 55.6 Å². The minimum Gasteiger partial charge on any atom is -0.497 e. The van der Waals surface area contributed by atoms with Crippen molar-refractivity contribution < 1.29 is 33.4 Å². The van der Waals surface area contributed by atoms with Crippen molar-refractivity contribution in [2.75, 3.05) is 27.4 Å². The average Bonchev–Trinajstić information content (AvgIpc) is 2.98. The number of hydrogen-bond donors (Lipinski definition) is 1. The van der Waals surface area contributed by atoms with Gasteiger partial charge in [-0.2, -0.15) is 0 Å². The molecule has 204 valence electrons. The monoisotopic (exact) mass is 532 g/mol. The lowest BCUT2D eigenvalue weighted by Crippen LogP contribution is -2.45. The van der Waals surface area contributed by atoms with Gasteiger partial charge in [-0.05, 0) is 41.0 Å². The van der Waals surface area contributed by atoms with E-state index in [0.29, 0.717) is 17.1 Å². The molecule has 0 heterocycles. The van der Waals surface area contributed by atoms with Crippen LogP contribution in [-0.2, 0) is 43.6 Å². The third kappa shape index (κ3) is 9.39. The fourth-order valence-corrected chi connectivity index (χ4v) is 3.63. The summed E-state index contributed by atoms with van der Waals surface area (Å²) in [5.41, 5.74) is 2.43. The predicted molar refractivity (Wildman–Crippen MR) is 144 cm³/mol. The molecule has 1 N–H and O–H groups in total. The maximum absolute atomic E-state index is 13.0. The number of ether oxygens (including phenoxy) is 3. The van der Waals surface area contributed by atoms with Crippen LogP contribution in [0.4, 0.5) is 0 Å². The van der Waals surface area contributed by atoms with Crippen molar-refractivity contribution in [1.29, 1.82) is 0 Å². The first-order chi connectivity index (χ1) is 18.9. The molecule has 0 bridgehead atoms. The van der Waals surface area contributed by atoms with E-state index in [1.807, 2.05) is 30.3 Å². The zero-order valence-corrected chi connectivity index (χ0v) is 22.1. The van der Waals surface area contributed by atoms with Crippen LogP contribution in [0.15, 0.2) is 78.9 Å². The van der Waals surface area contributed by atoms with Crippen LogP contribution in [0.25, 0.3) is 0 Å². The van der Waals surface area contributed by atoms with Crippen LogP contribution in [-0.4, -0.2) is 55.7 Å². The molecule has 0 aliphatic carbocycles. The van der Waals surface area contributed by atoms with Gasteiger partial charge >= 0.3 is 0 Å². The maximum atomic E-state index is 13.0. The van der Waals surface area contributed by atoms with Gasteiger partial charge < -0.3 is 24.4 Å². The van der Waals surface area contributed by atoms with E-state index in [4.69, 9.17) is 14.2 Å². The summed E-state index contributed by atoms with van der Waals surface area (Å²) in [7, 11) is 3.10. The lowest BCUT2D eigenvalue weighted by Gasteiger charge is -2.21. The Bertz CT molecular complexity index is 1240. The van der Waals surface area contributed by atoms with E-state index < -0.39 is 29.9 Å². The first-order valence-corrected chi connectivity index (χ1v) is 12.4. The van der Waals surface area contributed by atoms with Gasteiger partial charge in [-0.1, -0.05) is 54.6 Å². The zero-order chi connectivity index (χ0) is 28.0. The second kappa shape index (κ2) is 15.0. The van der Waals surface area contributed by atoms with Crippen molar-refractivity contribution in [3.05, 3.63) is 95.6 Å². The topological polar surface area (TPSA) is 111 Å². The molecule has 0 aliphatic rings. The number of benzene rings is 3. The normalized spacial score (nSPS) is 10.4. The van der Waals surface area contributed by atoms with Gasteiger partial charge in [-0.25, -0.2) is 0 Å². The number of ketones is 2. The van der Waals surface area contributed by atoms with E-state index in [1.165, 1.54) is 7.11 Å². The summed E-state index contributed by atoms with van der Waals surface area (Å²) in [6, 6.07) is 23.4. The highest BCUT2D eigenvalue weighted by Crippen LogP contribution is 2.14. The molecule has 0 spiro atoms. The van der Waals surface area contributed by atoms with Crippen molar-refractivity contribution in [2.45, 2.75) is 26.1 Å². The fraction of sp³-hybridized carbons (Fsp3) is 0.267. The quantitative estimate of drug-likeness (QED) is 0.182. The molecule has 3 rings (SSSR count). The van der Waals surface area contributed by atoms with Crippen molar-refractivity contribution in [3.8, 4) is 11.5 Å². The van der Waals surface area contributed by atoms with Gasteiger partial charge in [0.1, 0.15) is 18.0 Å². The third-order valence-corrected chi connectivity index (χ3v) is 5.84. The molecule has 0 saturated heterocycles. The molecule has 2 amide bonds. The summed E-state index contributed by atoms with van der Waals surface area (Å²) >= 11 is 0. The standard InChI is InChI=1S/C30H32N2O7/c1-37-25-12-8-22(9-13-25)18-31-28(34)20-32(19-23-10-14-26(38-2)15-11-23)30(36)29(35)27(33)16-17-39-21-24-6-4-3-5-7-24/h3-15H,16-21H2,1-2H3,(H,31,34). The SMILES string of the molecule is COc1ccc(CNC(=O)CN(Cc2ccc(OC)cc2)C(=O)C(=O)C(=O)CCOCc2ccccc2)cc1. The van der Waals surface area contributed by atoms with Crippen LogP contribution in [0, 0.1) is 0 Å². The van der Waals surface area contributed by atoms with E-state index in [-0.39, 0.29) is 32.7 Å². The zero-order valence-electron chi connectivity index (χ0n) is 22.1. The molecule has 0 fully saturated rings. The number of Topliss-reactive ketones (excluding diaryl/α,β-unsaturated/α-hetero) is 2. The molecule has 0 saturated carbocycles. The van der Waals surface area contributed by atoms with Crippen LogP contribution >= 0.6 is 0 Å². The van der Waals surface area contributed by atoms with E-state index in [0.717, 1.165) is 16.0 Å². The van der Waals surface area contributed by atoms with E-state index >= 15 is 0 Å². The number of carbonyl (C=O) groups excluding carboxylic acids is 4. The second-order valence-electron chi connectivity index (χ2n) is 8.67. The van der Waals surface area contributed by atoms with Crippen molar-refractivity contribution >= 4 is 23.4 Å². The second-order valence-corrected chi connectivity index (χ2v) is 8.67. The summed E-state index contributed by atoms with van der Waals surface area (Å²) in [5, 5.41) is 2.74. The van der Waals surface area contributed by atoms with Gasteiger partial charge in [-0.3, -0.25) is 19.2 Å². The lowest BCUT2D eigenvalue weighted by molar-refractivity contribution is -0.151. The average molecular weight is 533 g/mol. The Morgan fingerprint density at radius 1 is 0.744 bits per heavy atom. The Balaban J connectivity index is 1.60. The number of carbonyl (C=O) groups is 4. The summed E-state index contributed by atoms with van der Waals surface area (Å²) < 4.78 is 15.8. The summed E-state index contributed by atoms with van der Waals surface area (Å²) in [6.45, 7) is 0.0632. The predicted octanol–water partition coefficient (Wildman–Crippen LogP) is 3.09. The molecule has 9 nitrogen and oxygen atoms in total. The molecule has 0 unspecified atom stereocenters. The Morgan fingerprint density at radius 3 is 1.92 bits per heavy atom. The lowest BCUT2D eigenvalue weighted by atomic mass is 10.1. The van der Waals surface area contributed by atoms with Crippen LogP contribution < -0.4 is 14.8 Å². The number of amides is 2. The molecule has 0 aliphatic heterocycles. The Morgan fingerprint density at radius 2 is 1.33 bits per heavy atom. The highest BCUT2D eigenvalue weighted by Gasteiger charge is 2.29. The highest BCUT2D eigenvalue weighted by molar-refractivity contribution is 6.63. The Labute approximate surface area is 227 Å². The van der Waals surface area contributed by atoms with Crippen LogP contribution in [0.2, 0.25) is 0 Å². The summed E-state index contributed by atoms with van der Waals surface area (Å²) in [5.74, 6) is -2.26. The van der Waals surface area contributed by atoms with Crippen LogP contribution in [0.5, 0.6) is 11.5 Å². The minimum absolute atomic E-state index is 0.00637. The fourth-order valence-electron chi connectivity index (χ4n) is 3.63. The molecule has 0 aromatic heterocycles. The van der Waals surface area contributed by atoms with Gasteiger partial charge in [0.25, 0.3) is 11.7 Å². The van der Waals surface area contributed by atoms with Gasteiger partial charge in [-0.15, -0.1) is 0 Å². The molecule has 0 atom stereocenters. The highest BCUT2D eigenvalue weighted by atomic mass is 16.5. The molecule has 3 aromatic rings. The first-order valence-electron chi connectivity index (χ1n) is 12.4. The number of nitrogens with zero attached hydrogens (tertiary/aromatic N) is 1. The summed E-state index contributed by atoms with van der Waals surface area (Å²) in [6.07, 6.45) is -0.239. The van der Waals surface area contributed by atoms with Crippen molar-refractivity contribution in [3.63, 3.8) is 0 Å². The number of rotatable bonds is 15. The first kappa shape index (κ1) is 29.1. The van der Waals surface area contributed by atoms with Crippen molar-refractivity contribution in [1.82, 2.24) is 10.2 Å². The largest absolute Gasteiger partial charge is 0.497 e. The maximum Gasteiger partial charge on any atom is 0.298 e. The number of methoxy groups -OCH3 is 2. The minimum atomic E-state index is -1.19. The Kier molecular flexibility index (Phi) is 11.2. The van der Waals surface area contributed by atoms with E-state index in [2.05, 4.69) is 5.32 Å². The smallest absolute Gasteiger partial charge is 0.298 e. The van der Waals surface area contributed by atoms with Crippen LogP contribution in [0.1, 0.15) is 23.1 Å². The molecule has 0 radical (unpaired) electrons.